The van der Waals surface area contributed by atoms with Crippen molar-refractivity contribution in [2.24, 2.45) is 5.92 Å². The first-order valence-electron chi connectivity index (χ1n) is 13.9. The number of allylic oxidation sites excluding steroid dienone is 7. The highest BCUT2D eigenvalue weighted by molar-refractivity contribution is 5.92. The van der Waals surface area contributed by atoms with Crippen LogP contribution in [0.3, 0.4) is 0 Å². The van der Waals surface area contributed by atoms with Gasteiger partial charge in [-0.3, -0.25) is 9.80 Å². The Morgan fingerprint density at radius 2 is 2.00 bits per heavy atom. The van der Waals surface area contributed by atoms with Crippen LogP contribution in [0.2, 0.25) is 0 Å². The zero-order chi connectivity index (χ0) is 26.1. The molecule has 2 aromatic rings. The average Bonchev–Trinajstić information content (AvgIpc) is 3.44. The first-order chi connectivity index (χ1) is 18.6. The summed E-state index contributed by atoms with van der Waals surface area (Å²) in [5, 5.41) is 14.1. The van der Waals surface area contributed by atoms with Gasteiger partial charge in [0.05, 0.1) is 5.69 Å². The predicted molar refractivity (Wildman–Crippen MR) is 153 cm³/mol. The van der Waals surface area contributed by atoms with Crippen molar-refractivity contribution >= 4 is 22.9 Å². The third-order valence-electron chi connectivity index (χ3n) is 8.23. The van der Waals surface area contributed by atoms with Gasteiger partial charge >= 0.3 is 0 Å². The van der Waals surface area contributed by atoms with E-state index in [-0.39, 0.29) is 18.4 Å². The molecule has 1 atom stereocenters. The number of aliphatic hydroxyl groups excluding tert-OH is 1. The van der Waals surface area contributed by atoms with E-state index in [1.165, 1.54) is 39.8 Å². The summed E-state index contributed by atoms with van der Waals surface area (Å²) in [4.78, 5) is 12.7. The minimum atomic E-state index is 0.0509. The van der Waals surface area contributed by atoms with Crippen LogP contribution in [0.25, 0.3) is 5.57 Å². The van der Waals surface area contributed by atoms with Gasteiger partial charge in [0.15, 0.2) is 0 Å². The van der Waals surface area contributed by atoms with Gasteiger partial charge in [0.2, 0.25) is 5.91 Å². The summed E-state index contributed by atoms with van der Waals surface area (Å²) in [5.41, 5.74) is 19.5. The molecular formula is C32H36N4O2. The third kappa shape index (κ3) is 4.82. The minimum absolute atomic E-state index is 0.0509. The zero-order valence-electron chi connectivity index (χ0n) is 22.0. The zero-order valence-corrected chi connectivity index (χ0v) is 22.0. The lowest BCUT2D eigenvalue weighted by atomic mass is 9.72. The summed E-state index contributed by atoms with van der Waals surface area (Å²) in [7, 11) is 0. The molecule has 0 saturated heterocycles. The molecule has 6 rings (SSSR count). The van der Waals surface area contributed by atoms with Gasteiger partial charge in [-0.1, -0.05) is 42.9 Å². The van der Waals surface area contributed by atoms with Crippen LogP contribution in [0.5, 0.6) is 0 Å². The fourth-order valence-electron chi connectivity index (χ4n) is 6.10. The van der Waals surface area contributed by atoms with Crippen molar-refractivity contribution in [1.82, 2.24) is 11.0 Å². The predicted octanol–water partition coefficient (Wildman–Crippen LogP) is 5.48. The average molecular weight is 509 g/mol. The number of carbonyl (C=O) groups excluding carboxylic acids is 1. The molecule has 38 heavy (non-hydrogen) atoms. The van der Waals surface area contributed by atoms with Crippen LogP contribution in [-0.2, 0) is 24.1 Å². The van der Waals surface area contributed by atoms with Gasteiger partial charge in [-0.05, 0) is 103 Å². The molecule has 6 heteroatoms. The van der Waals surface area contributed by atoms with Crippen molar-refractivity contribution in [3.63, 3.8) is 0 Å². The van der Waals surface area contributed by atoms with E-state index in [0.717, 1.165) is 49.2 Å². The highest BCUT2D eigenvalue weighted by Crippen LogP contribution is 2.45. The number of anilines is 2. The highest BCUT2D eigenvalue weighted by Gasteiger charge is 2.28. The molecular weight excluding hydrogens is 472 g/mol. The Kier molecular flexibility index (Phi) is 6.92. The Morgan fingerprint density at radius 3 is 2.84 bits per heavy atom. The topological polar surface area (TPSA) is 76.6 Å². The van der Waals surface area contributed by atoms with Gasteiger partial charge in [0.1, 0.15) is 0 Å². The van der Waals surface area contributed by atoms with E-state index in [4.69, 9.17) is 0 Å². The molecule has 1 heterocycles. The van der Waals surface area contributed by atoms with E-state index in [1.54, 1.807) is 5.57 Å². The molecule has 3 aliphatic carbocycles. The second-order valence-electron chi connectivity index (χ2n) is 10.7. The third-order valence-corrected chi connectivity index (χ3v) is 8.23. The summed E-state index contributed by atoms with van der Waals surface area (Å²) in [6.07, 6.45) is 16.4. The molecule has 0 saturated carbocycles. The fourth-order valence-corrected chi connectivity index (χ4v) is 6.10. The Balaban J connectivity index is 1.04. The Morgan fingerprint density at radius 1 is 1.13 bits per heavy atom. The number of amides is 1. The van der Waals surface area contributed by atoms with Crippen molar-refractivity contribution in [3.8, 4) is 0 Å². The van der Waals surface area contributed by atoms with E-state index in [0.29, 0.717) is 12.8 Å². The summed E-state index contributed by atoms with van der Waals surface area (Å²) < 4.78 is 0. The number of aryl methyl sites for hydroxylation is 2. The largest absolute Gasteiger partial charge is 0.396 e. The molecule has 6 nitrogen and oxygen atoms in total. The van der Waals surface area contributed by atoms with Crippen molar-refractivity contribution in [2.45, 2.75) is 58.3 Å². The lowest BCUT2D eigenvalue weighted by molar-refractivity contribution is -0.116. The van der Waals surface area contributed by atoms with Gasteiger partial charge in [-0.25, -0.2) is 0 Å². The SMILES string of the molecule is CC(CCO)C1=CN(c2ccc(NC(=O)CCCc3ccc4c5c3CC=C3C=CCC(=C35)CC4)cc2)NN1. The van der Waals surface area contributed by atoms with Crippen LogP contribution < -0.4 is 21.3 Å². The van der Waals surface area contributed by atoms with Crippen LogP contribution in [0.15, 0.2) is 77.7 Å². The molecule has 0 aromatic heterocycles. The summed E-state index contributed by atoms with van der Waals surface area (Å²) in [6, 6.07) is 12.4. The highest BCUT2D eigenvalue weighted by atomic mass is 16.3. The minimum Gasteiger partial charge on any atom is -0.396 e. The van der Waals surface area contributed by atoms with Gasteiger partial charge in [-0.15, -0.1) is 5.53 Å². The molecule has 0 bridgehead atoms. The number of aliphatic hydroxyl groups is 1. The summed E-state index contributed by atoms with van der Waals surface area (Å²) in [5.74, 6) is 0.291. The van der Waals surface area contributed by atoms with Crippen LogP contribution in [0.4, 0.5) is 11.4 Å². The Hall–Kier alpha value is -3.61. The quantitative estimate of drug-likeness (QED) is 0.361. The monoisotopic (exact) mass is 508 g/mol. The van der Waals surface area contributed by atoms with Crippen molar-refractivity contribution in [1.29, 1.82) is 0 Å². The lowest BCUT2D eigenvalue weighted by Gasteiger charge is -2.32. The molecule has 0 fully saturated rings. The summed E-state index contributed by atoms with van der Waals surface area (Å²) in [6.45, 7) is 2.24. The molecule has 196 valence electrons. The Labute approximate surface area is 224 Å². The van der Waals surface area contributed by atoms with Crippen LogP contribution >= 0.6 is 0 Å². The molecule has 1 aliphatic heterocycles. The van der Waals surface area contributed by atoms with Gasteiger partial charge < -0.3 is 15.8 Å². The first-order valence-corrected chi connectivity index (χ1v) is 13.9. The number of hydrogen-bond acceptors (Lipinski definition) is 5. The second-order valence-corrected chi connectivity index (χ2v) is 10.7. The van der Waals surface area contributed by atoms with Gasteiger partial charge in [0.25, 0.3) is 0 Å². The van der Waals surface area contributed by atoms with E-state index in [9.17, 15) is 9.90 Å². The maximum absolute atomic E-state index is 12.7. The number of rotatable bonds is 9. The van der Waals surface area contributed by atoms with Crippen molar-refractivity contribution < 1.29 is 9.90 Å². The molecule has 0 radical (unpaired) electrons. The standard InChI is InChI=1S/C32H36N4O2/c1-21(18-19-37)29-20-36(35-34-29)27-15-13-26(14-16-27)33-30(38)7-3-4-22-8-9-25-11-10-23-5-2-6-24-12-17-28(22)32(25)31(23)24/h2,6,8-9,12-16,20-21,34-35,37H,3-5,7,10-11,17-19H2,1H3,(H,33,38). The van der Waals surface area contributed by atoms with Crippen molar-refractivity contribution in [3.05, 3.63) is 99.9 Å². The number of nitrogens with one attached hydrogen (secondary N) is 3. The van der Waals surface area contributed by atoms with Crippen molar-refractivity contribution in [2.75, 3.05) is 16.9 Å². The Bertz CT molecular complexity index is 1370. The molecule has 1 unspecified atom stereocenters. The van der Waals surface area contributed by atoms with E-state index in [1.807, 2.05) is 35.5 Å². The second kappa shape index (κ2) is 10.6. The number of carbonyl (C=O) groups is 1. The molecule has 4 N–H and O–H groups in total. The van der Waals surface area contributed by atoms with Crippen LogP contribution in [0, 0.1) is 5.92 Å². The number of nitrogens with zero attached hydrogens (tertiary/aromatic N) is 1. The number of hydrazine groups is 2. The van der Waals surface area contributed by atoms with E-state index >= 15 is 0 Å². The number of hydrogen-bond donors (Lipinski definition) is 4. The van der Waals surface area contributed by atoms with Crippen LogP contribution in [0.1, 0.15) is 61.3 Å². The lowest BCUT2D eigenvalue weighted by Crippen LogP contribution is -2.37. The van der Waals surface area contributed by atoms with Gasteiger partial charge in [0, 0.05) is 36.5 Å². The first kappa shape index (κ1) is 24.7. The smallest absolute Gasteiger partial charge is 0.224 e. The normalized spacial score (nSPS) is 18.0. The fraction of sp³-hybridized carbons (Fsp3) is 0.344. The van der Waals surface area contributed by atoms with E-state index < -0.39 is 0 Å². The molecule has 4 aliphatic rings. The number of benzene rings is 2. The van der Waals surface area contributed by atoms with Gasteiger partial charge in [-0.2, -0.15) is 0 Å². The molecule has 0 spiro atoms. The maximum Gasteiger partial charge on any atom is 0.224 e. The summed E-state index contributed by atoms with van der Waals surface area (Å²) >= 11 is 0. The van der Waals surface area contributed by atoms with E-state index in [2.05, 4.69) is 53.6 Å². The van der Waals surface area contributed by atoms with Crippen LogP contribution in [-0.4, -0.2) is 17.6 Å². The maximum atomic E-state index is 12.7. The molecule has 2 aromatic carbocycles. The molecule has 1 amide bonds.